The summed E-state index contributed by atoms with van der Waals surface area (Å²) in [6.45, 7) is 6.01. The van der Waals surface area contributed by atoms with Crippen molar-refractivity contribution in [2.45, 2.75) is 46.0 Å². The quantitative estimate of drug-likeness (QED) is 0.616. The Balaban J connectivity index is 1.58. The molecule has 0 bridgehead atoms. The zero-order valence-electron chi connectivity index (χ0n) is 17.7. The smallest absolute Gasteiger partial charge is 0.310 e. The van der Waals surface area contributed by atoms with Gasteiger partial charge in [0.2, 0.25) is 0 Å². The number of hydrogen-bond acceptors (Lipinski definition) is 5. The van der Waals surface area contributed by atoms with Crippen LogP contribution in [0.3, 0.4) is 0 Å². The molecule has 0 saturated carbocycles. The molecule has 156 valence electrons. The Bertz CT molecular complexity index is 1090. The molecule has 0 spiro atoms. The van der Waals surface area contributed by atoms with Gasteiger partial charge in [0.15, 0.2) is 5.65 Å². The predicted octanol–water partition coefficient (Wildman–Crippen LogP) is 3.97. The molecule has 1 aromatic carbocycles. The van der Waals surface area contributed by atoms with E-state index in [1.54, 1.807) is 0 Å². The van der Waals surface area contributed by atoms with E-state index < -0.39 is 0 Å². The van der Waals surface area contributed by atoms with E-state index in [1.165, 1.54) is 16.8 Å². The monoisotopic (exact) mass is 404 g/mol. The van der Waals surface area contributed by atoms with Crippen LogP contribution in [0.25, 0.3) is 16.9 Å². The lowest BCUT2D eigenvalue weighted by Crippen LogP contribution is -2.41. The van der Waals surface area contributed by atoms with Gasteiger partial charge >= 0.3 is 5.97 Å². The highest BCUT2D eigenvalue weighted by molar-refractivity contribution is 5.74. The molecular weight excluding hydrogens is 376 g/mol. The van der Waals surface area contributed by atoms with E-state index in [4.69, 9.17) is 14.8 Å². The maximum absolute atomic E-state index is 12.4. The highest BCUT2D eigenvalue weighted by Gasteiger charge is 2.31. The summed E-state index contributed by atoms with van der Waals surface area (Å²) in [6.07, 6.45) is 5.03. The zero-order chi connectivity index (χ0) is 20.7. The fourth-order valence-electron chi connectivity index (χ4n) is 4.78. The van der Waals surface area contributed by atoms with Gasteiger partial charge in [-0.2, -0.15) is 9.61 Å². The summed E-state index contributed by atoms with van der Waals surface area (Å²) in [7, 11) is 0. The second-order valence-corrected chi connectivity index (χ2v) is 8.42. The van der Waals surface area contributed by atoms with Crippen LogP contribution in [0.4, 0.5) is 5.82 Å². The molecule has 0 radical (unpaired) electrons. The van der Waals surface area contributed by atoms with E-state index in [-0.39, 0.29) is 11.9 Å². The van der Waals surface area contributed by atoms with Crippen molar-refractivity contribution in [3.05, 3.63) is 47.2 Å². The number of hydrogen-bond donors (Lipinski definition) is 0. The summed E-state index contributed by atoms with van der Waals surface area (Å²) in [5, 5.41) is 4.97. The number of nitrogens with zero attached hydrogens (tertiary/aromatic N) is 4. The molecule has 6 nitrogen and oxygen atoms in total. The minimum Gasteiger partial charge on any atom is -0.466 e. The number of rotatable bonds is 4. The number of piperidine rings is 1. The van der Waals surface area contributed by atoms with Crippen molar-refractivity contribution in [2.24, 2.45) is 5.92 Å². The number of ether oxygens (including phenoxy) is 1. The van der Waals surface area contributed by atoms with Gasteiger partial charge in [-0.1, -0.05) is 29.8 Å². The molecule has 0 N–H and O–H groups in total. The second-order valence-electron chi connectivity index (χ2n) is 8.42. The van der Waals surface area contributed by atoms with E-state index >= 15 is 0 Å². The molecule has 5 rings (SSSR count). The molecule has 3 heterocycles. The van der Waals surface area contributed by atoms with Gasteiger partial charge in [-0.05, 0) is 46.0 Å². The molecule has 6 heteroatoms. The number of carbonyl (C=O) groups excluding carboxylic acids is 1. The van der Waals surface area contributed by atoms with Crippen molar-refractivity contribution < 1.29 is 9.53 Å². The van der Waals surface area contributed by atoms with E-state index in [0.29, 0.717) is 13.2 Å². The minimum atomic E-state index is -0.0787. The summed E-state index contributed by atoms with van der Waals surface area (Å²) in [5.41, 5.74) is 6.64. The lowest BCUT2D eigenvalue weighted by Gasteiger charge is -2.34. The SMILES string of the molecule is CCOC(=O)C1CCCN(c2c3c(nc4cc(-c5ccc(C)cc5)nn24)CCC3)C1. The Hall–Kier alpha value is -2.89. The first-order chi connectivity index (χ1) is 14.6. The molecule has 1 aliphatic heterocycles. The van der Waals surface area contributed by atoms with Crippen molar-refractivity contribution in [1.29, 1.82) is 0 Å². The Morgan fingerprint density at radius 3 is 2.83 bits per heavy atom. The highest BCUT2D eigenvalue weighted by Crippen LogP contribution is 2.35. The zero-order valence-corrected chi connectivity index (χ0v) is 17.7. The molecule has 1 atom stereocenters. The third-order valence-corrected chi connectivity index (χ3v) is 6.29. The number of benzene rings is 1. The molecule has 2 aromatic heterocycles. The van der Waals surface area contributed by atoms with E-state index in [2.05, 4.69) is 42.2 Å². The molecule has 0 amide bonds. The number of anilines is 1. The first-order valence-electron chi connectivity index (χ1n) is 11.0. The van der Waals surface area contributed by atoms with Crippen molar-refractivity contribution in [3.63, 3.8) is 0 Å². The van der Waals surface area contributed by atoms with E-state index in [1.807, 2.05) is 11.4 Å². The Labute approximate surface area is 176 Å². The fourth-order valence-corrected chi connectivity index (χ4v) is 4.78. The van der Waals surface area contributed by atoms with Crippen LogP contribution >= 0.6 is 0 Å². The van der Waals surface area contributed by atoms with Crippen LogP contribution in [0, 0.1) is 12.8 Å². The van der Waals surface area contributed by atoms with Gasteiger partial charge in [0.1, 0.15) is 5.82 Å². The topological polar surface area (TPSA) is 59.7 Å². The van der Waals surface area contributed by atoms with Crippen LogP contribution in [0.1, 0.15) is 43.0 Å². The first kappa shape index (κ1) is 19.1. The van der Waals surface area contributed by atoms with Crippen LogP contribution in [-0.4, -0.2) is 40.3 Å². The Morgan fingerprint density at radius 1 is 1.20 bits per heavy atom. The summed E-state index contributed by atoms with van der Waals surface area (Å²) < 4.78 is 7.32. The summed E-state index contributed by atoms with van der Waals surface area (Å²) >= 11 is 0. The van der Waals surface area contributed by atoms with Gasteiger partial charge in [0, 0.05) is 36.0 Å². The highest BCUT2D eigenvalue weighted by atomic mass is 16.5. The summed E-state index contributed by atoms with van der Waals surface area (Å²) in [6, 6.07) is 10.5. The summed E-state index contributed by atoms with van der Waals surface area (Å²) in [5.74, 6) is 0.968. The number of fused-ring (bicyclic) bond motifs is 2. The van der Waals surface area contributed by atoms with E-state index in [9.17, 15) is 4.79 Å². The van der Waals surface area contributed by atoms with Crippen molar-refractivity contribution in [1.82, 2.24) is 14.6 Å². The van der Waals surface area contributed by atoms with Gasteiger partial charge in [0.25, 0.3) is 0 Å². The van der Waals surface area contributed by atoms with Gasteiger partial charge in [0.05, 0.1) is 18.2 Å². The normalized spacial score (nSPS) is 18.6. The standard InChI is InChI=1S/C24H28N4O2/c1-3-30-24(29)18-6-5-13-27(15-18)23-19-7-4-8-20(19)25-22-14-21(26-28(22)23)17-11-9-16(2)10-12-17/h9-12,14,18H,3-8,13,15H2,1-2H3. The second kappa shape index (κ2) is 7.74. The summed E-state index contributed by atoms with van der Waals surface area (Å²) in [4.78, 5) is 19.7. The molecule has 1 fully saturated rings. The average molecular weight is 405 g/mol. The fraction of sp³-hybridized carbons (Fsp3) is 0.458. The van der Waals surface area contributed by atoms with Crippen LogP contribution in [-0.2, 0) is 22.4 Å². The van der Waals surface area contributed by atoms with Crippen molar-refractivity contribution in [2.75, 3.05) is 24.6 Å². The number of esters is 1. The van der Waals surface area contributed by atoms with Crippen LogP contribution < -0.4 is 4.90 Å². The Morgan fingerprint density at radius 2 is 2.03 bits per heavy atom. The molecular formula is C24H28N4O2. The largest absolute Gasteiger partial charge is 0.466 e. The van der Waals surface area contributed by atoms with Crippen LogP contribution in [0.2, 0.25) is 0 Å². The van der Waals surface area contributed by atoms with Crippen LogP contribution in [0.15, 0.2) is 30.3 Å². The number of aryl methyl sites for hydroxylation is 2. The van der Waals surface area contributed by atoms with Crippen molar-refractivity contribution in [3.8, 4) is 11.3 Å². The third kappa shape index (κ3) is 3.34. The van der Waals surface area contributed by atoms with Gasteiger partial charge in [-0.15, -0.1) is 0 Å². The maximum atomic E-state index is 12.4. The molecule has 1 aliphatic carbocycles. The number of aromatic nitrogens is 3. The lowest BCUT2D eigenvalue weighted by atomic mass is 9.97. The van der Waals surface area contributed by atoms with E-state index in [0.717, 1.165) is 61.4 Å². The predicted molar refractivity (Wildman–Crippen MR) is 117 cm³/mol. The van der Waals surface area contributed by atoms with Gasteiger partial charge < -0.3 is 9.64 Å². The Kier molecular flexibility index (Phi) is 4.93. The van der Waals surface area contributed by atoms with Gasteiger partial charge in [-0.3, -0.25) is 4.79 Å². The van der Waals surface area contributed by atoms with Crippen molar-refractivity contribution >= 4 is 17.4 Å². The average Bonchev–Trinajstić information content (AvgIpc) is 3.39. The molecule has 2 aliphatic rings. The minimum absolute atomic E-state index is 0.0777. The molecule has 30 heavy (non-hydrogen) atoms. The third-order valence-electron chi connectivity index (χ3n) is 6.29. The maximum Gasteiger partial charge on any atom is 0.310 e. The first-order valence-corrected chi connectivity index (χ1v) is 11.0. The van der Waals surface area contributed by atoms with Crippen LogP contribution in [0.5, 0.6) is 0 Å². The molecule has 3 aromatic rings. The van der Waals surface area contributed by atoms with Gasteiger partial charge in [-0.25, -0.2) is 4.98 Å². The molecule has 1 unspecified atom stereocenters. The lowest BCUT2D eigenvalue weighted by molar-refractivity contribution is -0.148. The number of carbonyl (C=O) groups is 1. The molecule has 1 saturated heterocycles.